The molecule has 2 N–H and O–H groups in total. The third-order valence-electron chi connectivity index (χ3n) is 5.70. The van der Waals surface area contributed by atoms with Gasteiger partial charge in [-0.1, -0.05) is 24.3 Å². The van der Waals surface area contributed by atoms with Gasteiger partial charge in [-0.15, -0.1) is 4.59 Å². The van der Waals surface area contributed by atoms with E-state index in [1.54, 1.807) is 12.4 Å². The summed E-state index contributed by atoms with van der Waals surface area (Å²) in [4.78, 5) is 11.6. The lowest BCUT2D eigenvalue weighted by molar-refractivity contribution is -0.750. The highest BCUT2D eigenvalue weighted by Gasteiger charge is 2.44. The molecule has 4 aliphatic rings. The molecule has 0 saturated carbocycles. The van der Waals surface area contributed by atoms with Gasteiger partial charge in [0.15, 0.2) is 0 Å². The summed E-state index contributed by atoms with van der Waals surface area (Å²) < 4.78 is 11.4. The van der Waals surface area contributed by atoms with Crippen molar-refractivity contribution in [3.05, 3.63) is 77.4 Å². The number of nitrogens with two attached hydrogens (primary N) is 1. The van der Waals surface area contributed by atoms with Crippen molar-refractivity contribution in [1.29, 1.82) is 0 Å². The Kier molecular flexibility index (Phi) is 5.18. The maximum Gasteiger partial charge on any atom is 0.265 e. The minimum atomic E-state index is 0.0184. The van der Waals surface area contributed by atoms with Gasteiger partial charge in [0.1, 0.15) is 17.6 Å². The summed E-state index contributed by atoms with van der Waals surface area (Å²) in [5, 5.41) is 0. The van der Waals surface area contributed by atoms with Crippen LogP contribution in [0.3, 0.4) is 0 Å². The number of benzene rings is 1. The number of ether oxygens (including phenoxy) is 2. The average Bonchev–Trinajstić information content (AvgIpc) is 3.04. The first-order chi connectivity index (χ1) is 14.7. The van der Waals surface area contributed by atoms with E-state index in [9.17, 15) is 0 Å². The highest BCUT2D eigenvalue weighted by atomic mass is 16.5. The first-order valence-corrected chi connectivity index (χ1v) is 10.4. The largest absolute Gasteiger partial charge is 0.494 e. The highest BCUT2D eigenvalue weighted by Crippen LogP contribution is 2.36. The Morgan fingerprint density at radius 3 is 2.90 bits per heavy atom. The molecule has 1 aromatic carbocycles. The number of nitrogens with zero attached hydrogens (tertiary/aromatic N) is 4. The van der Waals surface area contributed by atoms with Crippen LogP contribution in [-0.4, -0.2) is 61.0 Å². The molecular weight excluding hydrogens is 378 g/mol. The van der Waals surface area contributed by atoms with Crippen LogP contribution in [0.4, 0.5) is 0 Å². The maximum atomic E-state index is 6.76. The SMILES string of the molecule is N[N+]12C=CN=CC1=C(C1=CC=C1)N=C2c1cccc(OCCCN2CCOCC2)c1. The normalized spacial score (nSPS) is 25.1. The monoisotopic (exact) mass is 404 g/mol. The van der Waals surface area contributed by atoms with Crippen LogP contribution < -0.4 is 10.6 Å². The Morgan fingerprint density at radius 1 is 1.23 bits per heavy atom. The molecule has 3 heterocycles. The molecule has 1 saturated heterocycles. The smallest absolute Gasteiger partial charge is 0.265 e. The third kappa shape index (κ3) is 3.57. The van der Waals surface area contributed by atoms with Crippen LogP contribution >= 0.6 is 0 Å². The van der Waals surface area contributed by atoms with Gasteiger partial charge >= 0.3 is 0 Å². The van der Waals surface area contributed by atoms with E-state index in [0.29, 0.717) is 6.61 Å². The number of fused-ring (bicyclic) bond motifs is 1. The fourth-order valence-electron chi connectivity index (χ4n) is 3.97. The predicted octanol–water partition coefficient (Wildman–Crippen LogP) is 2.50. The van der Waals surface area contributed by atoms with Crippen molar-refractivity contribution in [2.75, 3.05) is 39.5 Å². The van der Waals surface area contributed by atoms with Gasteiger partial charge in [-0.05, 0) is 24.6 Å². The van der Waals surface area contributed by atoms with Gasteiger partial charge in [-0.2, -0.15) is 10.8 Å². The molecular formula is C23H26N5O2+. The standard InChI is InChI=1S/C23H26N5O2/c24-28-12-8-25-17-21(28)22(18-4-1-5-18)26-23(28)19-6-2-7-20(16-19)30-13-3-9-27-10-14-29-15-11-27/h1-2,4-8,12,16-17H,3,9-11,13-15,24H2/q+1. The summed E-state index contributed by atoms with van der Waals surface area (Å²) in [6.07, 6.45) is 12.4. The van der Waals surface area contributed by atoms with Crippen LogP contribution in [0.5, 0.6) is 5.75 Å². The molecule has 1 aliphatic carbocycles. The number of aliphatic imine (C=N–C) groups is 2. The van der Waals surface area contributed by atoms with Gasteiger partial charge in [0.05, 0.1) is 37.8 Å². The number of hydrogen-bond acceptors (Lipinski definition) is 6. The van der Waals surface area contributed by atoms with E-state index in [0.717, 1.165) is 73.4 Å². The number of morpholine rings is 1. The molecule has 3 aliphatic heterocycles. The lowest BCUT2D eigenvalue weighted by atomic mass is 10.0. The zero-order valence-corrected chi connectivity index (χ0v) is 16.9. The highest BCUT2D eigenvalue weighted by molar-refractivity contribution is 6.01. The molecule has 1 unspecified atom stereocenters. The number of quaternary nitrogens is 1. The summed E-state index contributed by atoms with van der Waals surface area (Å²) in [6.45, 7) is 5.37. The van der Waals surface area contributed by atoms with Crippen LogP contribution in [-0.2, 0) is 4.74 Å². The fraction of sp³-hybridized carbons (Fsp3) is 0.304. The van der Waals surface area contributed by atoms with E-state index in [4.69, 9.17) is 20.3 Å². The fourth-order valence-corrected chi connectivity index (χ4v) is 3.97. The maximum absolute atomic E-state index is 6.76. The third-order valence-corrected chi connectivity index (χ3v) is 5.70. The van der Waals surface area contributed by atoms with Crippen molar-refractivity contribution in [2.24, 2.45) is 15.8 Å². The summed E-state index contributed by atoms with van der Waals surface area (Å²) in [5.41, 5.74) is 3.77. The molecule has 0 bridgehead atoms. The van der Waals surface area contributed by atoms with E-state index in [1.807, 2.05) is 48.7 Å². The minimum Gasteiger partial charge on any atom is -0.494 e. The Balaban J connectivity index is 1.29. The predicted molar refractivity (Wildman–Crippen MR) is 117 cm³/mol. The molecule has 0 amide bonds. The summed E-state index contributed by atoms with van der Waals surface area (Å²) in [6, 6.07) is 8.01. The Morgan fingerprint density at radius 2 is 2.10 bits per heavy atom. The number of amidine groups is 1. The van der Waals surface area contributed by atoms with Crippen LogP contribution in [0.2, 0.25) is 0 Å². The average molecular weight is 404 g/mol. The first kappa shape index (κ1) is 19.1. The second-order valence-corrected chi connectivity index (χ2v) is 7.69. The zero-order valence-electron chi connectivity index (χ0n) is 16.9. The van der Waals surface area contributed by atoms with Gasteiger partial charge in [0.2, 0.25) is 5.70 Å². The quantitative estimate of drug-likeness (QED) is 0.431. The van der Waals surface area contributed by atoms with E-state index in [-0.39, 0.29) is 4.59 Å². The van der Waals surface area contributed by atoms with E-state index in [2.05, 4.69) is 9.89 Å². The van der Waals surface area contributed by atoms with E-state index in [1.165, 1.54) is 0 Å². The molecule has 0 aromatic heterocycles. The van der Waals surface area contributed by atoms with Crippen molar-refractivity contribution in [3.8, 4) is 5.75 Å². The van der Waals surface area contributed by atoms with Gasteiger partial charge < -0.3 is 9.47 Å². The molecule has 0 radical (unpaired) electrons. The molecule has 5 rings (SSSR count). The van der Waals surface area contributed by atoms with Crippen LogP contribution in [0.25, 0.3) is 0 Å². The Bertz CT molecular complexity index is 1010. The van der Waals surface area contributed by atoms with Gasteiger partial charge in [0.25, 0.3) is 5.84 Å². The first-order valence-electron chi connectivity index (χ1n) is 10.4. The second-order valence-electron chi connectivity index (χ2n) is 7.69. The summed E-state index contributed by atoms with van der Waals surface area (Å²) in [7, 11) is 0. The molecule has 1 atom stereocenters. The Labute approximate surface area is 176 Å². The van der Waals surface area contributed by atoms with Crippen molar-refractivity contribution in [3.63, 3.8) is 0 Å². The van der Waals surface area contributed by atoms with Crippen molar-refractivity contribution >= 4 is 12.1 Å². The van der Waals surface area contributed by atoms with Gasteiger partial charge in [-0.3, -0.25) is 9.89 Å². The van der Waals surface area contributed by atoms with Crippen molar-refractivity contribution < 1.29 is 14.1 Å². The van der Waals surface area contributed by atoms with Gasteiger partial charge in [-0.25, -0.2) is 0 Å². The molecule has 1 fully saturated rings. The molecule has 7 nitrogen and oxygen atoms in total. The van der Waals surface area contributed by atoms with Crippen molar-refractivity contribution in [1.82, 2.24) is 4.90 Å². The summed E-state index contributed by atoms with van der Waals surface area (Å²) >= 11 is 0. The zero-order chi connectivity index (χ0) is 20.4. The molecule has 1 aromatic rings. The topological polar surface area (TPSA) is 72.4 Å². The van der Waals surface area contributed by atoms with E-state index >= 15 is 0 Å². The Hall–Kier alpha value is -2.84. The number of allylic oxidation sites excluding steroid dienone is 4. The molecule has 154 valence electrons. The minimum absolute atomic E-state index is 0.0184. The van der Waals surface area contributed by atoms with E-state index < -0.39 is 0 Å². The molecule has 7 heteroatoms. The van der Waals surface area contributed by atoms with Crippen LogP contribution in [0, 0.1) is 0 Å². The second kappa shape index (κ2) is 8.12. The molecule has 30 heavy (non-hydrogen) atoms. The number of rotatable bonds is 7. The lowest BCUT2D eigenvalue weighted by Gasteiger charge is -2.27. The number of hydrogen-bond donors (Lipinski definition) is 1. The lowest BCUT2D eigenvalue weighted by Crippen LogP contribution is -2.53. The van der Waals surface area contributed by atoms with Crippen LogP contribution in [0.1, 0.15) is 12.0 Å². The summed E-state index contributed by atoms with van der Waals surface area (Å²) in [5.74, 6) is 8.36. The van der Waals surface area contributed by atoms with Crippen LogP contribution in [0.15, 0.2) is 81.8 Å². The van der Waals surface area contributed by atoms with Gasteiger partial charge in [0, 0.05) is 25.2 Å². The van der Waals surface area contributed by atoms with Crippen molar-refractivity contribution in [2.45, 2.75) is 6.42 Å². The molecule has 0 spiro atoms.